The molecule has 2 saturated heterocycles. The van der Waals surface area contributed by atoms with E-state index in [1.807, 2.05) is 38.1 Å². The van der Waals surface area contributed by atoms with E-state index in [0.717, 1.165) is 32.4 Å². The molecule has 0 unspecified atom stereocenters. The quantitative estimate of drug-likeness (QED) is 0.369. The van der Waals surface area contributed by atoms with Gasteiger partial charge in [-0.3, -0.25) is 18.9 Å². The summed E-state index contributed by atoms with van der Waals surface area (Å²) in [6.07, 6.45) is 6.53. The average molecular weight is 505 g/mol. The first-order valence-corrected chi connectivity index (χ1v) is 13.2. The summed E-state index contributed by atoms with van der Waals surface area (Å²) in [4.78, 5) is 35.8. The van der Waals surface area contributed by atoms with Gasteiger partial charge in [-0.15, -0.1) is 0 Å². The maximum absolute atomic E-state index is 13.6. The lowest BCUT2D eigenvalue weighted by Crippen LogP contribution is -2.37. The van der Waals surface area contributed by atoms with Crippen LogP contribution in [0.25, 0.3) is 11.7 Å². The highest BCUT2D eigenvalue weighted by Crippen LogP contribution is 2.35. The number of fused-ring (bicyclic) bond motifs is 1. The Morgan fingerprint density at radius 1 is 1.09 bits per heavy atom. The fourth-order valence-electron chi connectivity index (χ4n) is 4.81. The highest BCUT2D eigenvalue weighted by Gasteiger charge is 2.34. The molecule has 180 valence electrons. The third-order valence-corrected chi connectivity index (χ3v) is 7.98. The number of pyridine rings is 1. The molecule has 0 radical (unpaired) electrons. The zero-order valence-corrected chi connectivity index (χ0v) is 21.5. The van der Waals surface area contributed by atoms with Gasteiger partial charge < -0.3 is 4.90 Å². The van der Waals surface area contributed by atoms with Gasteiger partial charge in [0, 0.05) is 25.3 Å². The SMILES string of the molecule is CC(C)N1C(=O)/C(=C/c2c(N3CCC(Cc4ccccc4)CC3)nc3ccccn3c2=O)SC1=S. The number of carbonyl (C=O) groups excluding carboxylic acids is 1. The van der Waals surface area contributed by atoms with E-state index in [9.17, 15) is 9.59 Å². The monoisotopic (exact) mass is 504 g/mol. The van der Waals surface area contributed by atoms with Crippen LogP contribution in [0.2, 0.25) is 0 Å². The molecule has 3 aromatic rings. The van der Waals surface area contributed by atoms with Crippen molar-refractivity contribution in [1.82, 2.24) is 14.3 Å². The number of thioether (sulfide) groups is 1. The van der Waals surface area contributed by atoms with Gasteiger partial charge in [-0.1, -0.05) is 60.4 Å². The van der Waals surface area contributed by atoms with E-state index in [0.29, 0.717) is 32.2 Å². The second-order valence-corrected chi connectivity index (χ2v) is 11.0. The molecular weight excluding hydrogens is 476 g/mol. The Labute approximate surface area is 214 Å². The van der Waals surface area contributed by atoms with E-state index in [4.69, 9.17) is 17.2 Å². The van der Waals surface area contributed by atoms with Gasteiger partial charge in [0.05, 0.1) is 10.5 Å². The lowest BCUT2D eigenvalue weighted by atomic mass is 9.90. The summed E-state index contributed by atoms with van der Waals surface area (Å²) in [6, 6.07) is 16.1. The number of thiocarbonyl (C=S) groups is 1. The number of aromatic nitrogens is 2. The van der Waals surface area contributed by atoms with Crippen molar-refractivity contribution in [3.05, 3.63) is 81.1 Å². The Hall–Kier alpha value is -2.97. The molecule has 8 heteroatoms. The molecule has 0 atom stereocenters. The fourth-order valence-corrected chi connectivity index (χ4v) is 6.32. The predicted molar refractivity (Wildman–Crippen MR) is 147 cm³/mol. The van der Waals surface area contributed by atoms with Crippen LogP contribution in [0, 0.1) is 5.92 Å². The number of carbonyl (C=O) groups is 1. The second kappa shape index (κ2) is 9.95. The zero-order chi connectivity index (χ0) is 24.5. The highest BCUT2D eigenvalue weighted by atomic mass is 32.2. The molecule has 2 fully saturated rings. The Balaban J connectivity index is 1.48. The second-order valence-electron chi connectivity index (χ2n) is 9.35. The minimum absolute atomic E-state index is 0.0349. The molecule has 1 aromatic carbocycles. The number of hydrogen-bond donors (Lipinski definition) is 0. The minimum atomic E-state index is -0.174. The molecule has 0 N–H and O–H groups in total. The first kappa shape index (κ1) is 23.8. The summed E-state index contributed by atoms with van der Waals surface area (Å²) >= 11 is 6.69. The number of hydrogen-bond acceptors (Lipinski definition) is 6. The van der Waals surface area contributed by atoms with Gasteiger partial charge in [0.2, 0.25) is 0 Å². The van der Waals surface area contributed by atoms with Crippen LogP contribution in [0.3, 0.4) is 0 Å². The summed E-state index contributed by atoms with van der Waals surface area (Å²) in [5.74, 6) is 1.09. The van der Waals surface area contributed by atoms with Gasteiger partial charge in [-0.05, 0) is 62.8 Å². The van der Waals surface area contributed by atoms with E-state index in [2.05, 4.69) is 29.2 Å². The van der Waals surface area contributed by atoms with Gasteiger partial charge in [0.15, 0.2) is 0 Å². The maximum Gasteiger partial charge on any atom is 0.267 e. The number of amides is 1. The molecule has 4 heterocycles. The van der Waals surface area contributed by atoms with Crippen molar-refractivity contribution in [3.8, 4) is 0 Å². The summed E-state index contributed by atoms with van der Waals surface area (Å²) < 4.78 is 2.06. The van der Waals surface area contributed by atoms with Gasteiger partial charge in [-0.25, -0.2) is 4.98 Å². The van der Waals surface area contributed by atoms with Crippen molar-refractivity contribution < 1.29 is 4.79 Å². The third kappa shape index (κ3) is 4.77. The zero-order valence-electron chi connectivity index (χ0n) is 19.9. The Morgan fingerprint density at radius 2 is 1.80 bits per heavy atom. The van der Waals surface area contributed by atoms with E-state index >= 15 is 0 Å². The van der Waals surface area contributed by atoms with Crippen molar-refractivity contribution in [2.75, 3.05) is 18.0 Å². The first-order chi connectivity index (χ1) is 16.9. The van der Waals surface area contributed by atoms with Crippen LogP contribution < -0.4 is 10.5 Å². The van der Waals surface area contributed by atoms with Crippen LogP contribution >= 0.6 is 24.0 Å². The largest absolute Gasteiger partial charge is 0.356 e. The van der Waals surface area contributed by atoms with Gasteiger partial charge in [0.25, 0.3) is 11.5 Å². The Bertz CT molecular complexity index is 1360. The van der Waals surface area contributed by atoms with Crippen LogP contribution in [0.1, 0.15) is 37.8 Å². The van der Waals surface area contributed by atoms with Crippen LogP contribution in [0.5, 0.6) is 0 Å². The lowest BCUT2D eigenvalue weighted by Gasteiger charge is -2.33. The average Bonchev–Trinajstić information content (AvgIpc) is 3.14. The highest BCUT2D eigenvalue weighted by molar-refractivity contribution is 8.26. The molecule has 0 spiro atoms. The van der Waals surface area contributed by atoms with Crippen LogP contribution in [0.15, 0.2) is 64.4 Å². The Morgan fingerprint density at radius 3 is 2.49 bits per heavy atom. The molecular formula is C27H28N4O2S2. The number of benzene rings is 1. The van der Waals surface area contributed by atoms with Gasteiger partial charge in [0.1, 0.15) is 15.8 Å². The van der Waals surface area contributed by atoms with Crippen LogP contribution in [0.4, 0.5) is 5.82 Å². The summed E-state index contributed by atoms with van der Waals surface area (Å²) in [5, 5.41) is 0. The van der Waals surface area contributed by atoms with Gasteiger partial charge >= 0.3 is 0 Å². The van der Waals surface area contributed by atoms with Crippen molar-refractivity contribution in [2.45, 2.75) is 39.2 Å². The molecule has 6 nitrogen and oxygen atoms in total. The summed E-state index contributed by atoms with van der Waals surface area (Å²) in [5.41, 5.74) is 2.23. The molecule has 35 heavy (non-hydrogen) atoms. The van der Waals surface area contributed by atoms with E-state index in [1.165, 1.54) is 17.3 Å². The molecule has 0 bridgehead atoms. The fraction of sp³-hybridized carbons (Fsp3) is 0.333. The van der Waals surface area contributed by atoms with Gasteiger partial charge in [-0.2, -0.15) is 0 Å². The molecule has 2 aliphatic heterocycles. The van der Waals surface area contributed by atoms with Crippen LogP contribution in [-0.4, -0.2) is 43.6 Å². The number of nitrogens with zero attached hydrogens (tertiary/aromatic N) is 4. The first-order valence-electron chi connectivity index (χ1n) is 12.0. The van der Waals surface area contributed by atoms with Crippen molar-refractivity contribution in [2.24, 2.45) is 5.92 Å². The van der Waals surface area contributed by atoms with E-state index in [-0.39, 0.29) is 17.5 Å². The molecule has 2 aliphatic rings. The molecule has 1 amide bonds. The topological polar surface area (TPSA) is 57.9 Å². The third-order valence-electron chi connectivity index (χ3n) is 6.65. The van der Waals surface area contributed by atoms with E-state index in [1.54, 1.807) is 21.6 Å². The normalized spacial score (nSPS) is 18.4. The molecule has 5 rings (SSSR count). The summed E-state index contributed by atoms with van der Waals surface area (Å²) in [6.45, 7) is 5.51. The van der Waals surface area contributed by atoms with E-state index < -0.39 is 0 Å². The number of rotatable bonds is 5. The minimum Gasteiger partial charge on any atom is -0.356 e. The predicted octanol–water partition coefficient (Wildman–Crippen LogP) is 4.76. The number of anilines is 1. The molecule has 0 saturated carbocycles. The lowest BCUT2D eigenvalue weighted by molar-refractivity contribution is -0.123. The standard InChI is InChI=1S/C27H28N4O2S2/c1-18(2)31-26(33)22(35-27(31)34)17-21-24(28-23-10-6-7-13-30(23)25(21)32)29-14-11-20(12-15-29)16-19-8-4-3-5-9-19/h3-10,13,17-18,20H,11-12,14-16H2,1-2H3/b22-17-. The molecule has 0 aliphatic carbocycles. The van der Waals surface area contributed by atoms with Crippen LogP contribution in [-0.2, 0) is 11.2 Å². The van der Waals surface area contributed by atoms with Crippen molar-refractivity contribution >= 4 is 51.7 Å². The number of piperidine rings is 1. The van der Waals surface area contributed by atoms with Crippen molar-refractivity contribution in [1.29, 1.82) is 0 Å². The Kier molecular flexibility index (Phi) is 6.75. The smallest absolute Gasteiger partial charge is 0.267 e. The van der Waals surface area contributed by atoms with Crippen molar-refractivity contribution in [3.63, 3.8) is 0 Å². The maximum atomic E-state index is 13.6. The summed E-state index contributed by atoms with van der Waals surface area (Å²) in [7, 11) is 0. The molecule has 2 aromatic heterocycles.